The van der Waals surface area contributed by atoms with Crippen molar-refractivity contribution in [3.8, 4) is 17.2 Å². The summed E-state index contributed by atoms with van der Waals surface area (Å²) in [6.07, 6.45) is 1.08. The Balaban J connectivity index is 1.17. The largest absolute Gasteiger partial charge is 0.483 e. The number of ether oxygens (including phenoxy) is 3. The maximum atomic E-state index is 14.0. The number of piperazine rings is 1. The number of rotatable bonds is 7. The van der Waals surface area contributed by atoms with Crippen molar-refractivity contribution in [1.82, 2.24) is 29.0 Å². The number of nitrogens with one attached hydrogen (secondary N) is 1. The number of hydrogen-bond acceptors (Lipinski definition) is 9. The zero-order chi connectivity index (χ0) is 39.3. The van der Waals surface area contributed by atoms with Gasteiger partial charge in [0.15, 0.2) is 5.78 Å². The van der Waals surface area contributed by atoms with Crippen molar-refractivity contribution < 1.29 is 33.4 Å². The van der Waals surface area contributed by atoms with Crippen molar-refractivity contribution in [2.24, 2.45) is 5.92 Å². The molecule has 4 heterocycles. The SMILES string of the molecule is CC(=O)c1ccc(-n2c(=O)n3n(c2=O)C2C(=CC3)C(C)(C)Oc3cc(OC(=O)N4CCN(C(=O)C(CC(C)C)NC(=O)OC(C)(C)C)CC4)ccc32)cc1. The molecule has 3 amide bonds. The number of nitrogens with zero attached hydrogens (tertiary/aromatic N) is 5. The Morgan fingerprint density at radius 2 is 1.59 bits per heavy atom. The Morgan fingerprint density at radius 3 is 2.20 bits per heavy atom. The number of benzene rings is 2. The number of Topliss-reactive ketones (excluding diaryl/α,β-unsaturated/α-hetero) is 1. The second-order valence-electron chi connectivity index (χ2n) is 15.8. The standard InChI is InChI=1S/C39H48N6O9/c1-23(2)21-30(40-34(48)54-38(4,5)6)33(47)41-17-19-42(20-18-41)37(51)52-27-13-14-28-31(22-27)53-39(7,8)29-15-16-43-35(49)44(36(50)45(43)32(28)29)26-11-9-25(10-12-26)24(3)46/h9-15,22-23,30,32H,16-21H2,1-8H3,(H,40,48). The molecule has 0 aliphatic carbocycles. The van der Waals surface area contributed by atoms with Gasteiger partial charge in [-0.1, -0.05) is 19.9 Å². The average molecular weight is 745 g/mol. The van der Waals surface area contributed by atoms with Crippen LogP contribution < -0.4 is 26.2 Å². The predicted molar refractivity (Wildman–Crippen MR) is 198 cm³/mol. The highest BCUT2D eigenvalue weighted by Crippen LogP contribution is 2.47. The fourth-order valence-electron chi connectivity index (χ4n) is 7.14. The number of alkyl carbamates (subject to hydrolysis) is 1. The van der Waals surface area contributed by atoms with Crippen LogP contribution in [0, 0.1) is 5.92 Å². The molecular formula is C39H48N6O9. The maximum absolute atomic E-state index is 14.0. The molecule has 1 aromatic heterocycles. The molecule has 2 unspecified atom stereocenters. The number of allylic oxidation sites excluding steroid dienone is 1. The molecule has 2 atom stereocenters. The third-order valence-electron chi connectivity index (χ3n) is 9.71. The number of carbonyl (C=O) groups excluding carboxylic acids is 4. The van der Waals surface area contributed by atoms with Gasteiger partial charge < -0.3 is 29.3 Å². The summed E-state index contributed by atoms with van der Waals surface area (Å²) >= 11 is 0. The van der Waals surface area contributed by atoms with Gasteiger partial charge in [-0.15, -0.1) is 0 Å². The number of carbonyl (C=O) groups is 4. The molecular weight excluding hydrogens is 696 g/mol. The van der Waals surface area contributed by atoms with Gasteiger partial charge in [-0.25, -0.2) is 33.1 Å². The summed E-state index contributed by atoms with van der Waals surface area (Å²) in [5, 5.41) is 2.72. The monoisotopic (exact) mass is 744 g/mol. The first kappa shape index (κ1) is 38.1. The van der Waals surface area contributed by atoms with Crippen LogP contribution in [0.2, 0.25) is 0 Å². The molecule has 0 radical (unpaired) electrons. The summed E-state index contributed by atoms with van der Waals surface area (Å²) in [6.45, 7) is 15.5. The lowest BCUT2D eigenvalue weighted by Gasteiger charge is -2.42. The molecule has 3 aromatic rings. The van der Waals surface area contributed by atoms with Gasteiger partial charge >= 0.3 is 23.6 Å². The van der Waals surface area contributed by atoms with Gasteiger partial charge in [0.2, 0.25) is 5.91 Å². The molecule has 1 N–H and O–H groups in total. The molecule has 0 bridgehead atoms. The van der Waals surface area contributed by atoms with Gasteiger partial charge in [0, 0.05) is 43.4 Å². The lowest BCUT2D eigenvalue weighted by Crippen LogP contribution is -2.56. The average Bonchev–Trinajstić information content (AvgIpc) is 3.35. The van der Waals surface area contributed by atoms with Gasteiger partial charge in [-0.2, -0.15) is 0 Å². The normalized spacial score (nSPS) is 18.0. The zero-order valence-electron chi connectivity index (χ0n) is 32.0. The predicted octanol–water partition coefficient (Wildman–Crippen LogP) is 4.29. The van der Waals surface area contributed by atoms with Gasteiger partial charge in [0.1, 0.15) is 34.8 Å². The van der Waals surface area contributed by atoms with Crippen molar-refractivity contribution in [2.75, 3.05) is 26.2 Å². The quantitative estimate of drug-likeness (QED) is 0.275. The second kappa shape index (κ2) is 14.3. The summed E-state index contributed by atoms with van der Waals surface area (Å²) < 4.78 is 21.5. The Morgan fingerprint density at radius 1 is 0.944 bits per heavy atom. The van der Waals surface area contributed by atoms with Gasteiger partial charge in [-0.05, 0) is 95.9 Å². The minimum atomic E-state index is -0.874. The Labute approximate surface area is 313 Å². The molecule has 1 fully saturated rings. The van der Waals surface area contributed by atoms with Gasteiger partial charge in [-0.3, -0.25) is 9.59 Å². The molecule has 1 saturated heterocycles. The van der Waals surface area contributed by atoms with E-state index >= 15 is 0 Å². The minimum Gasteiger partial charge on any atom is -0.483 e. The molecule has 288 valence electrons. The summed E-state index contributed by atoms with van der Waals surface area (Å²) in [7, 11) is 0. The van der Waals surface area contributed by atoms with Crippen molar-refractivity contribution in [2.45, 2.75) is 91.6 Å². The third kappa shape index (κ3) is 7.57. The van der Waals surface area contributed by atoms with E-state index in [0.29, 0.717) is 29.0 Å². The lowest BCUT2D eigenvalue weighted by molar-refractivity contribution is -0.135. The van der Waals surface area contributed by atoms with E-state index in [1.165, 1.54) is 21.2 Å². The number of amides is 3. The first-order valence-electron chi connectivity index (χ1n) is 18.2. The number of fused-ring (bicyclic) bond motifs is 5. The third-order valence-corrected chi connectivity index (χ3v) is 9.71. The molecule has 3 aliphatic heterocycles. The van der Waals surface area contributed by atoms with E-state index in [4.69, 9.17) is 14.2 Å². The topological polar surface area (TPSA) is 163 Å². The molecule has 3 aliphatic rings. The van der Waals surface area contributed by atoms with Crippen LogP contribution >= 0.6 is 0 Å². The van der Waals surface area contributed by atoms with Crippen LogP contribution in [-0.4, -0.2) is 91.0 Å². The Bertz CT molecular complexity index is 2130. The second-order valence-corrected chi connectivity index (χ2v) is 15.8. The van der Waals surface area contributed by atoms with E-state index < -0.39 is 46.9 Å². The number of ketones is 1. The highest BCUT2D eigenvalue weighted by Gasteiger charge is 2.44. The number of aromatic nitrogens is 3. The van der Waals surface area contributed by atoms with E-state index in [1.54, 1.807) is 68.1 Å². The van der Waals surface area contributed by atoms with E-state index in [-0.39, 0.29) is 56.1 Å². The van der Waals surface area contributed by atoms with Crippen LogP contribution in [0.3, 0.4) is 0 Å². The van der Waals surface area contributed by atoms with Crippen LogP contribution in [0.5, 0.6) is 11.5 Å². The minimum absolute atomic E-state index is 0.127. The van der Waals surface area contributed by atoms with Crippen molar-refractivity contribution in [1.29, 1.82) is 0 Å². The molecule has 15 nitrogen and oxygen atoms in total. The van der Waals surface area contributed by atoms with Crippen LogP contribution in [0.15, 0.2) is 63.7 Å². The lowest BCUT2D eigenvalue weighted by atomic mass is 9.83. The van der Waals surface area contributed by atoms with E-state index in [1.807, 2.05) is 33.8 Å². The zero-order valence-corrected chi connectivity index (χ0v) is 32.0. The van der Waals surface area contributed by atoms with E-state index in [9.17, 15) is 28.8 Å². The van der Waals surface area contributed by atoms with Crippen molar-refractivity contribution in [3.63, 3.8) is 0 Å². The van der Waals surface area contributed by atoms with E-state index in [2.05, 4.69) is 5.32 Å². The molecule has 54 heavy (non-hydrogen) atoms. The Kier molecular flexibility index (Phi) is 10.1. The van der Waals surface area contributed by atoms with Gasteiger partial charge in [0.25, 0.3) is 0 Å². The summed E-state index contributed by atoms with van der Waals surface area (Å²) in [4.78, 5) is 81.9. The van der Waals surface area contributed by atoms with Crippen LogP contribution in [0.25, 0.3) is 5.69 Å². The maximum Gasteiger partial charge on any atom is 0.415 e. The molecule has 6 rings (SSSR count). The Hall–Kier alpha value is -5.60. The fourth-order valence-corrected chi connectivity index (χ4v) is 7.14. The van der Waals surface area contributed by atoms with E-state index in [0.717, 1.165) is 10.1 Å². The number of hydrogen-bond donors (Lipinski definition) is 1. The summed E-state index contributed by atoms with van der Waals surface area (Å²) in [6, 6.07) is 9.83. The molecule has 0 saturated carbocycles. The highest BCUT2D eigenvalue weighted by atomic mass is 16.6. The summed E-state index contributed by atoms with van der Waals surface area (Å²) in [5.41, 5.74) is -0.412. The van der Waals surface area contributed by atoms with Crippen LogP contribution in [-0.2, 0) is 16.1 Å². The fraction of sp³-hybridized carbons (Fsp3) is 0.487. The smallest absolute Gasteiger partial charge is 0.415 e. The van der Waals surface area contributed by atoms with Crippen LogP contribution in [0.4, 0.5) is 9.59 Å². The summed E-state index contributed by atoms with van der Waals surface area (Å²) in [5.74, 6) is 0.392. The molecule has 2 aromatic carbocycles. The molecule has 0 spiro atoms. The first-order valence-corrected chi connectivity index (χ1v) is 18.2. The van der Waals surface area contributed by atoms with Crippen molar-refractivity contribution in [3.05, 3.63) is 86.2 Å². The molecule has 15 heteroatoms. The first-order chi connectivity index (χ1) is 25.3. The van der Waals surface area contributed by atoms with Crippen molar-refractivity contribution >= 4 is 23.9 Å². The van der Waals surface area contributed by atoms with Crippen LogP contribution in [0.1, 0.15) is 83.8 Å². The highest BCUT2D eigenvalue weighted by molar-refractivity contribution is 5.94. The van der Waals surface area contributed by atoms with Gasteiger partial charge in [0.05, 0.1) is 12.2 Å².